The lowest BCUT2D eigenvalue weighted by atomic mass is 10.3. The van der Waals surface area contributed by atoms with E-state index in [1.165, 1.54) is 5.41 Å². The predicted molar refractivity (Wildman–Crippen MR) is 50.8 cm³/mol. The van der Waals surface area contributed by atoms with Crippen LogP contribution in [0.15, 0.2) is 11.0 Å². The van der Waals surface area contributed by atoms with Crippen LogP contribution in [0.1, 0.15) is 6.92 Å². The van der Waals surface area contributed by atoms with E-state index < -0.39 is 9.84 Å². The fraction of sp³-hybridized carbons (Fsp3) is 0.500. The van der Waals surface area contributed by atoms with Crippen molar-refractivity contribution in [2.75, 3.05) is 5.75 Å². The number of nitrogens with two attached hydrogens (primary N) is 1. The summed E-state index contributed by atoms with van der Waals surface area (Å²) in [6, 6.07) is 0. The molecule has 12 heavy (non-hydrogen) atoms. The summed E-state index contributed by atoms with van der Waals surface area (Å²) in [6.07, 6.45) is 0. The van der Waals surface area contributed by atoms with Gasteiger partial charge < -0.3 is 5.73 Å². The van der Waals surface area contributed by atoms with Gasteiger partial charge in [-0.15, -0.1) is 0 Å². The molecule has 1 aliphatic rings. The molecule has 1 aliphatic heterocycles. The molecule has 0 saturated heterocycles. The molecule has 0 radical (unpaired) electrons. The molecule has 68 valence electrons. The largest absolute Gasteiger partial charge is 0.379 e. The van der Waals surface area contributed by atoms with Gasteiger partial charge >= 0.3 is 0 Å². The highest BCUT2D eigenvalue weighted by molar-refractivity contribution is 8.15. The molecule has 3 N–H and O–H groups in total. The van der Waals surface area contributed by atoms with Gasteiger partial charge in [0.25, 0.3) is 0 Å². The number of nitrogens with one attached hydrogen (secondary N) is 1. The van der Waals surface area contributed by atoms with E-state index in [1.807, 2.05) is 0 Å². The second-order valence-corrected chi connectivity index (χ2v) is 5.80. The minimum absolute atomic E-state index is 0.0372. The van der Waals surface area contributed by atoms with Crippen molar-refractivity contribution in [2.24, 2.45) is 5.73 Å². The Balaban J connectivity index is 2.76. The van der Waals surface area contributed by atoms with Crippen molar-refractivity contribution in [2.45, 2.75) is 12.2 Å². The predicted octanol–water partition coefficient (Wildman–Crippen LogP) is 0.314. The second kappa shape index (κ2) is 3.10. The zero-order valence-electron chi connectivity index (χ0n) is 6.57. The minimum Gasteiger partial charge on any atom is -0.379 e. The van der Waals surface area contributed by atoms with E-state index in [0.717, 1.165) is 17.3 Å². The topological polar surface area (TPSA) is 84.0 Å². The highest BCUT2D eigenvalue weighted by atomic mass is 32.2. The molecule has 6 heteroatoms. The molecule has 1 heterocycles. The normalized spacial score (nSPS) is 26.8. The summed E-state index contributed by atoms with van der Waals surface area (Å²) >= 11 is 1.09. The molecule has 0 aliphatic carbocycles. The molecule has 4 nitrogen and oxygen atoms in total. The SMILES string of the molecule is CC1=CS(=O)(=O)C[C@H]1SC(=N)N. The summed E-state index contributed by atoms with van der Waals surface area (Å²) in [7, 11) is -3.03. The lowest BCUT2D eigenvalue weighted by Gasteiger charge is -2.06. The fourth-order valence-electron chi connectivity index (χ4n) is 1.03. The van der Waals surface area contributed by atoms with Gasteiger partial charge in [-0.1, -0.05) is 11.8 Å². The number of sulfone groups is 1. The molecule has 0 unspecified atom stereocenters. The Kier molecular flexibility index (Phi) is 2.48. The standard InChI is InChI=1S/C6H10N2O2S2/c1-4-2-12(9,10)3-5(4)11-6(7)8/h2,5H,3H2,1H3,(H3,7,8)/t5-/m1/s1. The molecule has 0 saturated carbocycles. The molecule has 1 rings (SSSR count). The van der Waals surface area contributed by atoms with Crippen molar-refractivity contribution in [3.63, 3.8) is 0 Å². The van der Waals surface area contributed by atoms with Crippen LogP contribution in [0.25, 0.3) is 0 Å². The van der Waals surface area contributed by atoms with Gasteiger partial charge in [0, 0.05) is 10.7 Å². The van der Waals surface area contributed by atoms with Crippen LogP contribution in [0.3, 0.4) is 0 Å². The molecule has 0 spiro atoms. The molecule has 0 amide bonds. The Labute approximate surface area is 75.6 Å². The monoisotopic (exact) mass is 206 g/mol. The van der Waals surface area contributed by atoms with Gasteiger partial charge in [0.1, 0.15) is 0 Å². The zero-order chi connectivity index (χ0) is 9.35. The van der Waals surface area contributed by atoms with Crippen molar-refractivity contribution >= 4 is 26.8 Å². The van der Waals surface area contributed by atoms with Crippen LogP contribution in [0.2, 0.25) is 0 Å². The van der Waals surface area contributed by atoms with E-state index in [0.29, 0.717) is 0 Å². The summed E-state index contributed by atoms with van der Waals surface area (Å²) in [5, 5.41) is 8.06. The molecule has 1 atom stereocenters. The summed E-state index contributed by atoms with van der Waals surface area (Å²) in [5.74, 6) is 0.0725. The van der Waals surface area contributed by atoms with Gasteiger partial charge in [-0.3, -0.25) is 5.41 Å². The third-order valence-corrected chi connectivity index (χ3v) is 4.34. The van der Waals surface area contributed by atoms with Crippen LogP contribution in [0.5, 0.6) is 0 Å². The van der Waals surface area contributed by atoms with E-state index in [4.69, 9.17) is 11.1 Å². The van der Waals surface area contributed by atoms with Gasteiger partial charge in [-0.05, 0) is 12.5 Å². The van der Waals surface area contributed by atoms with Crippen molar-refractivity contribution < 1.29 is 8.42 Å². The lowest BCUT2D eigenvalue weighted by molar-refractivity contribution is 0.606. The van der Waals surface area contributed by atoms with Gasteiger partial charge in [0.2, 0.25) is 0 Å². The number of amidine groups is 1. The summed E-state index contributed by atoms with van der Waals surface area (Å²) in [5.41, 5.74) is 5.92. The lowest BCUT2D eigenvalue weighted by Crippen LogP contribution is -2.16. The Morgan fingerprint density at radius 3 is 2.75 bits per heavy atom. The van der Waals surface area contributed by atoms with E-state index in [2.05, 4.69) is 0 Å². The summed E-state index contributed by atoms with van der Waals surface area (Å²) < 4.78 is 22.1. The van der Waals surface area contributed by atoms with Gasteiger partial charge in [-0.25, -0.2) is 8.42 Å². The number of hydrogen-bond donors (Lipinski definition) is 2. The van der Waals surface area contributed by atoms with Crippen LogP contribution >= 0.6 is 11.8 Å². The fourth-order valence-corrected chi connectivity index (χ4v) is 4.03. The Hall–Kier alpha value is -0.490. The maximum Gasteiger partial charge on any atom is 0.173 e. The highest BCUT2D eigenvalue weighted by Crippen LogP contribution is 2.27. The average molecular weight is 206 g/mol. The van der Waals surface area contributed by atoms with Gasteiger partial charge in [-0.2, -0.15) is 0 Å². The third kappa shape index (κ3) is 2.25. The van der Waals surface area contributed by atoms with Crippen molar-refractivity contribution in [3.8, 4) is 0 Å². The Morgan fingerprint density at radius 1 is 1.83 bits per heavy atom. The van der Waals surface area contributed by atoms with Crippen LogP contribution in [0, 0.1) is 5.41 Å². The molecule has 0 aromatic carbocycles. The molecule has 0 bridgehead atoms. The van der Waals surface area contributed by atoms with Crippen molar-refractivity contribution in [1.82, 2.24) is 0 Å². The first-order valence-corrected chi connectivity index (χ1v) is 5.92. The first-order chi connectivity index (χ1) is 5.41. The summed E-state index contributed by atoms with van der Waals surface area (Å²) in [4.78, 5) is 0. The van der Waals surface area contributed by atoms with Crippen molar-refractivity contribution in [3.05, 3.63) is 11.0 Å². The molecule has 0 aromatic heterocycles. The smallest absolute Gasteiger partial charge is 0.173 e. The maximum atomic E-state index is 11.0. The first kappa shape index (κ1) is 9.60. The molecule has 0 aromatic rings. The Bertz CT molecular complexity index is 331. The number of rotatable bonds is 1. The zero-order valence-corrected chi connectivity index (χ0v) is 8.21. The van der Waals surface area contributed by atoms with E-state index >= 15 is 0 Å². The maximum absolute atomic E-state index is 11.0. The van der Waals surface area contributed by atoms with Crippen LogP contribution in [-0.4, -0.2) is 24.6 Å². The molecule has 0 fully saturated rings. The number of thioether (sulfide) groups is 1. The molecular weight excluding hydrogens is 196 g/mol. The van der Waals surface area contributed by atoms with E-state index in [9.17, 15) is 8.42 Å². The minimum atomic E-state index is -3.03. The quantitative estimate of drug-likeness (QED) is 0.478. The van der Waals surface area contributed by atoms with E-state index in [-0.39, 0.29) is 16.2 Å². The van der Waals surface area contributed by atoms with Gasteiger partial charge in [0.05, 0.1) is 5.75 Å². The second-order valence-electron chi connectivity index (χ2n) is 2.66. The highest BCUT2D eigenvalue weighted by Gasteiger charge is 2.27. The van der Waals surface area contributed by atoms with Gasteiger partial charge in [0.15, 0.2) is 15.0 Å². The summed E-state index contributed by atoms with van der Waals surface area (Å²) in [6.45, 7) is 1.74. The van der Waals surface area contributed by atoms with Crippen molar-refractivity contribution in [1.29, 1.82) is 5.41 Å². The Morgan fingerprint density at radius 2 is 2.42 bits per heavy atom. The van der Waals surface area contributed by atoms with E-state index in [1.54, 1.807) is 6.92 Å². The average Bonchev–Trinajstić information content (AvgIpc) is 2.03. The first-order valence-electron chi connectivity index (χ1n) is 3.32. The van der Waals surface area contributed by atoms with Crippen LogP contribution in [0.4, 0.5) is 0 Å². The third-order valence-electron chi connectivity index (χ3n) is 1.53. The number of hydrogen-bond acceptors (Lipinski definition) is 4. The van der Waals surface area contributed by atoms with Crippen LogP contribution in [-0.2, 0) is 9.84 Å². The van der Waals surface area contributed by atoms with Crippen LogP contribution < -0.4 is 5.73 Å². The molecular formula is C6H10N2O2S2.